The molecule has 2 rings (SSSR count). The first-order valence-electron chi connectivity index (χ1n) is 7.61. The van der Waals surface area contributed by atoms with Gasteiger partial charge in [0.2, 0.25) is 0 Å². The van der Waals surface area contributed by atoms with Gasteiger partial charge in [-0.1, -0.05) is 0 Å². The van der Waals surface area contributed by atoms with Gasteiger partial charge < -0.3 is 19.5 Å². The molecule has 0 aliphatic rings. The third-order valence-electron chi connectivity index (χ3n) is 3.57. The highest BCUT2D eigenvalue weighted by Gasteiger charge is 2.08. The predicted octanol–water partition coefficient (Wildman–Crippen LogP) is 3.01. The maximum absolute atomic E-state index is 13.1. The molecule has 8 heteroatoms. The molecular weight excluding hydrogens is 441 g/mol. The molecule has 0 atom stereocenters. The van der Waals surface area contributed by atoms with Gasteiger partial charge in [-0.25, -0.2) is 8.78 Å². The lowest BCUT2D eigenvalue weighted by Gasteiger charge is -2.22. The number of ether oxygens (including phenoxy) is 1. The van der Waals surface area contributed by atoms with E-state index in [4.69, 9.17) is 4.74 Å². The van der Waals surface area contributed by atoms with Crippen molar-refractivity contribution < 1.29 is 13.5 Å². The molecule has 0 spiro atoms. The van der Waals surface area contributed by atoms with E-state index >= 15 is 0 Å². The van der Waals surface area contributed by atoms with E-state index in [0.29, 0.717) is 25.4 Å². The summed E-state index contributed by atoms with van der Waals surface area (Å²) < 4.78 is 33.4. The van der Waals surface area contributed by atoms with Gasteiger partial charge in [0.05, 0.1) is 13.1 Å². The third kappa shape index (κ3) is 6.18. The quantitative estimate of drug-likeness (QED) is 0.310. The van der Waals surface area contributed by atoms with E-state index in [-0.39, 0.29) is 24.0 Å². The van der Waals surface area contributed by atoms with Crippen LogP contribution in [0.5, 0.6) is 5.75 Å². The molecule has 0 unspecified atom stereocenters. The van der Waals surface area contributed by atoms with Crippen LogP contribution in [-0.4, -0.2) is 42.7 Å². The average Bonchev–Trinajstić information content (AvgIpc) is 2.95. The van der Waals surface area contributed by atoms with E-state index < -0.39 is 11.6 Å². The normalized spacial score (nSPS) is 11.0. The van der Waals surface area contributed by atoms with Gasteiger partial charge in [-0.05, 0) is 24.3 Å². The molecule has 0 aliphatic heterocycles. The molecule has 25 heavy (non-hydrogen) atoms. The number of nitrogens with one attached hydrogen (secondary N) is 1. The Morgan fingerprint density at radius 2 is 2.04 bits per heavy atom. The topological polar surface area (TPSA) is 41.8 Å². The number of aromatic nitrogens is 1. The molecule has 5 nitrogen and oxygen atoms in total. The fourth-order valence-electron chi connectivity index (χ4n) is 2.26. The van der Waals surface area contributed by atoms with Gasteiger partial charge in [0.25, 0.3) is 0 Å². The summed E-state index contributed by atoms with van der Waals surface area (Å²) in [6.07, 6.45) is 2.00. The lowest BCUT2D eigenvalue weighted by Crippen LogP contribution is -2.40. The van der Waals surface area contributed by atoms with Gasteiger partial charge in [-0.2, -0.15) is 0 Å². The molecule has 0 saturated heterocycles. The summed E-state index contributed by atoms with van der Waals surface area (Å²) in [5, 5.41) is 3.17. The van der Waals surface area contributed by atoms with Crippen LogP contribution < -0.4 is 10.1 Å². The van der Waals surface area contributed by atoms with Crippen LogP contribution in [0.1, 0.15) is 5.69 Å². The summed E-state index contributed by atoms with van der Waals surface area (Å²) in [5.41, 5.74) is 1.17. The van der Waals surface area contributed by atoms with Crippen molar-refractivity contribution in [2.45, 2.75) is 6.54 Å². The van der Waals surface area contributed by atoms with Crippen molar-refractivity contribution in [3.63, 3.8) is 0 Å². The van der Waals surface area contributed by atoms with Gasteiger partial charge >= 0.3 is 0 Å². The first-order chi connectivity index (χ1) is 11.5. The van der Waals surface area contributed by atoms with E-state index in [1.54, 1.807) is 7.05 Å². The molecule has 0 saturated carbocycles. The van der Waals surface area contributed by atoms with Gasteiger partial charge in [0.1, 0.15) is 12.4 Å². The Morgan fingerprint density at radius 3 is 2.64 bits per heavy atom. The lowest BCUT2D eigenvalue weighted by atomic mass is 10.3. The molecule has 0 amide bonds. The average molecular weight is 464 g/mol. The summed E-state index contributed by atoms with van der Waals surface area (Å²) >= 11 is 0. The number of hydrogen-bond acceptors (Lipinski definition) is 2. The Labute approximate surface area is 163 Å². The maximum Gasteiger partial charge on any atom is 0.193 e. The summed E-state index contributed by atoms with van der Waals surface area (Å²) in [6, 6.07) is 7.52. The number of benzene rings is 1. The third-order valence-corrected chi connectivity index (χ3v) is 3.57. The van der Waals surface area contributed by atoms with Crippen molar-refractivity contribution >= 4 is 29.9 Å². The van der Waals surface area contributed by atoms with Gasteiger partial charge in [-0.3, -0.25) is 4.99 Å². The standard InChI is InChI=1S/C17H22F2N4O.HI/c1-20-17(23(3)12-13-5-4-9-22(13)2)21-8-10-24-14-6-7-15(18)16(19)11-14;/h4-7,9,11H,8,10,12H2,1-3H3,(H,20,21);1H. The zero-order valence-corrected chi connectivity index (χ0v) is 16.8. The van der Waals surface area contributed by atoms with Crippen LogP contribution in [-0.2, 0) is 13.6 Å². The Hall–Kier alpha value is -1.84. The summed E-state index contributed by atoms with van der Waals surface area (Å²) in [5.74, 6) is -0.783. The largest absolute Gasteiger partial charge is 0.492 e. The van der Waals surface area contributed by atoms with E-state index in [0.717, 1.165) is 18.1 Å². The summed E-state index contributed by atoms with van der Waals surface area (Å²) in [4.78, 5) is 6.22. The number of hydrogen-bond donors (Lipinski definition) is 1. The molecule has 1 aromatic heterocycles. The maximum atomic E-state index is 13.1. The number of halogens is 3. The minimum absolute atomic E-state index is 0. The molecular formula is C17H23F2IN4O. The van der Waals surface area contributed by atoms with Crippen LogP contribution in [0.4, 0.5) is 8.78 Å². The number of guanidine groups is 1. The molecule has 138 valence electrons. The molecule has 1 aromatic carbocycles. The number of rotatable bonds is 6. The predicted molar refractivity (Wildman–Crippen MR) is 106 cm³/mol. The lowest BCUT2D eigenvalue weighted by molar-refractivity contribution is 0.316. The fourth-order valence-corrected chi connectivity index (χ4v) is 2.26. The highest BCUT2D eigenvalue weighted by atomic mass is 127. The van der Waals surface area contributed by atoms with Crippen molar-refractivity contribution in [3.8, 4) is 5.75 Å². The van der Waals surface area contributed by atoms with Crippen LogP contribution in [0, 0.1) is 11.6 Å². The second-order valence-electron chi connectivity index (χ2n) is 5.36. The van der Waals surface area contributed by atoms with E-state index in [2.05, 4.69) is 20.9 Å². The summed E-state index contributed by atoms with van der Waals surface area (Å²) in [6.45, 7) is 1.51. The van der Waals surface area contributed by atoms with Crippen LogP contribution in [0.25, 0.3) is 0 Å². The van der Waals surface area contributed by atoms with Crippen LogP contribution >= 0.6 is 24.0 Å². The van der Waals surface area contributed by atoms with E-state index in [1.165, 1.54) is 11.8 Å². The zero-order chi connectivity index (χ0) is 17.5. The van der Waals surface area contributed by atoms with Crippen LogP contribution in [0.15, 0.2) is 41.5 Å². The first-order valence-corrected chi connectivity index (χ1v) is 7.61. The Bertz CT molecular complexity index is 706. The van der Waals surface area contributed by atoms with Gasteiger partial charge in [0, 0.05) is 39.1 Å². The smallest absolute Gasteiger partial charge is 0.193 e. The van der Waals surface area contributed by atoms with Crippen LogP contribution in [0.3, 0.4) is 0 Å². The van der Waals surface area contributed by atoms with E-state index in [9.17, 15) is 8.78 Å². The second kappa shape index (κ2) is 10.2. The second-order valence-corrected chi connectivity index (χ2v) is 5.36. The van der Waals surface area contributed by atoms with Crippen molar-refractivity contribution in [2.24, 2.45) is 12.0 Å². The fraction of sp³-hybridized carbons (Fsp3) is 0.353. The van der Waals surface area contributed by atoms with E-state index in [1.807, 2.05) is 31.3 Å². The number of nitrogens with zero attached hydrogens (tertiary/aromatic N) is 3. The Kier molecular flexibility index (Phi) is 8.67. The van der Waals surface area contributed by atoms with Gasteiger partial charge in [0.15, 0.2) is 17.6 Å². The molecule has 0 fully saturated rings. The Balaban J connectivity index is 0.00000312. The van der Waals surface area contributed by atoms with Crippen molar-refractivity contribution in [3.05, 3.63) is 53.9 Å². The van der Waals surface area contributed by atoms with Crippen molar-refractivity contribution in [2.75, 3.05) is 27.2 Å². The Morgan fingerprint density at radius 1 is 1.28 bits per heavy atom. The SMILES string of the molecule is CN=C(NCCOc1ccc(F)c(F)c1)N(C)Cc1cccn1C.I. The molecule has 0 bridgehead atoms. The number of aryl methyl sites for hydroxylation is 1. The van der Waals surface area contributed by atoms with Crippen molar-refractivity contribution in [1.82, 2.24) is 14.8 Å². The molecule has 1 heterocycles. The zero-order valence-electron chi connectivity index (χ0n) is 14.5. The van der Waals surface area contributed by atoms with Crippen molar-refractivity contribution in [1.29, 1.82) is 0 Å². The molecule has 0 aliphatic carbocycles. The summed E-state index contributed by atoms with van der Waals surface area (Å²) in [7, 11) is 5.65. The minimum Gasteiger partial charge on any atom is -0.492 e. The van der Waals surface area contributed by atoms with Gasteiger partial charge in [-0.15, -0.1) is 24.0 Å². The molecule has 0 radical (unpaired) electrons. The molecule has 1 N–H and O–H groups in total. The first kappa shape index (κ1) is 21.2. The van der Waals surface area contributed by atoms with Crippen LogP contribution in [0.2, 0.25) is 0 Å². The molecule has 2 aromatic rings. The highest BCUT2D eigenvalue weighted by molar-refractivity contribution is 14.0. The highest BCUT2D eigenvalue weighted by Crippen LogP contribution is 2.15. The monoisotopic (exact) mass is 464 g/mol. The number of aliphatic imine (C=N–C) groups is 1. The minimum atomic E-state index is -0.918.